The quantitative estimate of drug-likeness (QED) is 0.719. The van der Waals surface area contributed by atoms with Gasteiger partial charge >= 0.3 is 0 Å². The Kier molecular flexibility index (Phi) is 5.41. The van der Waals surface area contributed by atoms with Crippen molar-refractivity contribution in [3.63, 3.8) is 0 Å². The first-order valence-corrected chi connectivity index (χ1v) is 9.76. The van der Waals surface area contributed by atoms with E-state index in [4.69, 9.17) is 4.98 Å². The van der Waals surface area contributed by atoms with E-state index < -0.39 is 0 Å². The Balaban J connectivity index is 1.39. The number of anilines is 3. The van der Waals surface area contributed by atoms with E-state index in [2.05, 4.69) is 39.4 Å². The minimum atomic E-state index is 0.0916. The largest absolute Gasteiger partial charge is 0.353 e. The van der Waals surface area contributed by atoms with Crippen LogP contribution in [-0.4, -0.2) is 56.7 Å². The van der Waals surface area contributed by atoms with Gasteiger partial charge in [-0.25, -0.2) is 4.98 Å². The lowest BCUT2D eigenvalue weighted by Crippen LogP contribution is -2.50. The number of carbonyl (C=O) groups excluding carboxylic acids is 1. The highest BCUT2D eigenvalue weighted by Crippen LogP contribution is 2.20. The van der Waals surface area contributed by atoms with Crippen LogP contribution in [0.2, 0.25) is 0 Å². The maximum Gasteiger partial charge on any atom is 0.244 e. The molecule has 3 aromatic rings. The van der Waals surface area contributed by atoms with E-state index in [1.807, 2.05) is 36.1 Å². The summed E-state index contributed by atoms with van der Waals surface area (Å²) < 4.78 is 1.66. The summed E-state index contributed by atoms with van der Waals surface area (Å²) in [5.74, 6) is 1.56. The van der Waals surface area contributed by atoms with Crippen molar-refractivity contribution < 1.29 is 4.79 Å². The lowest BCUT2D eigenvalue weighted by Gasteiger charge is -2.35. The van der Waals surface area contributed by atoms with Crippen LogP contribution in [0.5, 0.6) is 0 Å². The third-order valence-electron chi connectivity index (χ3n) is 4.96. The Morgan fingerprint density at radius 1 is 1.07 bits per heavy atom. The monoisotopic (exact) mass is 391 g/mol. The number of rotatable bonds is 5. The van der Waals surface area contributed by atoms with E-state index in [-0.39, 0.29) is 12.5 Å². The van der Waals surface area contributed by atoms with E-state index in [1.165, 1.54) is 5.56 Å². The van der Waals surface area contributed by atoms with Gasteiger partial charge in [0.15, 0.2) is 0 Å². The number of aromatic nitrogens is 4. The van der Waals surface area contributed by atoms with Gasteiger partial charge in [0.25, 0.3) is 0 Å². The van der Waals surface area contributed by atoms with Gasteiger partial charge in [-0.1, -0.05) is 17.7 Å². The molecule has 0 aliphatic carbocycles. The molecule has 0 spiro atoms. The van der Waals surface area contributed by atoms with Crippen molar-refractivity contribution in [1.29, 1.82) is 0 Å². The topological polar surface area (TPSA) is 79.2 Å². The average molecular weight is 391 g/mol. The van der Waals surface area contributed by atoms with Crippen molar-refractivity contribution in [1.82, 2.24) is 24.6 Å². The number of benzene rings is 1. The van der Waals surface area contributed by atoms with E-state index in [0.717, 1.165) is 30.3 Å². The molecule has 1 aromatic carbocycles. The first-order chi connectivity index (χ1) is 14.1. The van der Waals surface area contributed by atoms with Crippen LogP contribution >= 0.6 is 0 Å². The first-order valence-electron chi connectivity index (χ1n) is 9.76. The number of amides is 1. The van der Waals surface area contributed by atoms with Crippen LogP contribution in [-0.2, 0) is 11.3 Å². The van der Waals surface area contributed by atoms with E-state index in [1.54, 1.807) is 17.1 Å². The fourth-order valence-corrected chi connectivity index (χ4v) is 3.35. The molecule has 4 rings (SSSR count). The predicted octanol–water partition coefficient (Wildman–Crippen LogP) is 2.38. The molecule has 0 atom stereocenters. The third-order valence-corrected chi connectivity index (χ3v) is 4.96. The van der Waals surface area contributed by atoms with Crippen molar-refractivity contribution >= 4 is 23.4 Å². The Morgan fingerprint density at radius 3 is 2.52 bits per heavy atom. The average Bonchev–Trinajstić information content (AvgIpc) is 3.22. The summed E-state index contributed by atoms with van der Waals surface area (Å²) in [6.45, 7) is 7.13. The number of nitrogens with one attached hydrogen (secondary N) is 1. The van der Waals surface area contributed by atoms with Crippen LogP contribution in [0.3, 0.4) is 0 Å². The molecule has 1 aliphatic rings. The fourth-order valence-electron chi connectivity index (χ4n) is 3.35. The second-order valence-electron chi connectivity index (χ2n) is 7.25. The van der Waals surface area contributed by atoms with Crippen molar-refractivity contribution in [2.24, 2.45) is 0 Å². The number of aryl methyl sites for hydroxylation is 2. The van der Waals surface area contributed by atoms with Crippen LogP contribution in [0.4, 0.5) is 17.5 Å². The fraction of sp³-hybridized carbons (Fsp3) is 0.333. The predicted molar refractivity (Wildman–Crippen MR) is 112 cm³/mol. The van der Waals surface area contributed by atoms with Gasteiger partial charge in [-0.3, -0.25) is 9.48 Å². The van der Waals surface area contributed by atoms with Gasteiger partial charge in [0.1, 0.15) is 12.4 Å². The van der Waals surface area contributed by atoms with Gasteiger partial charge in [-0.05, 0) is 32.0 Å². The summed E-state index contributed by atoms with van der Waals surface area (Å²) in [5, 5.41) is 7.39. The van der Waals surface area contributed by atoms with Crippen molar-refractivity contribution in [2.75, 3.05) is 36.4 Å². The molecule has 1 N–H and O–H groups in total. The molecule has 2 aromatic heterocycles. The van der Waals surface area contributed by atoms with Gasteiger partial charge in [-0.15, -0.1) is 0 Å². The van der Waals surface area contributed by atoms with Gasteiger partial charge < -0.3 is 15.1 Å². The number of hydrogen-bond acceptors (Lipinski definition) is 6. The van der Waals surface area contributed by atoms with Crippen LogP contribution in [0.25, 0.3) is 0 Å². The van der Waals surface area contributed by atoms with Gasteiger partial charge in [0, 0.05) is 56.0 Å². The lowest BCUT2D eigenvalue weighted by atomic mass is 10.2. The summed E-state index contributed by atoms with van der Waals surface area (Å²) in [6.07, 6.45) is 3.49. The van der Waals surface area contributed by atoms with Crippen molar-refractivity contribution in [3.8, 4) is 0 Å². The lowest BCUT2D eigenvalue weighted by molar-refractivity contribution is -0.132. The molecule has 0 bridgehead atoms. The minimum Gasteiger partial charge on any atom is -0.353 e. The molecule has 1 saturated heterocycles. The Bertz CT molecular complexity index is 961. The van der Waals surface area contributed by atoms with Crippen LogP contribution in [0.15, 0.2) is 48.8 Å². The van der Waals surface area contributed by atoms with Gasteiger partial charge in [-0.2, -0.15) is 10.1 Å². The molecule has 3 heterocycles. The molecule has 0 unspecified atom stereocenters. The molecule has 8 heteroatoms. The maximum absolute atomic E-state index is 12.5. The maximum atomic E-state index is 12.5. The summed E-state index contributed by atoms with van der Waals surface area (Å²) >= 11 is 0. The molecule has 0 radical (unpaired) electrons. The number of carbonyl (C=O) groups is 1. The highest BCUT2D eigenvalue weighted by Gasteiger charge is 2.22. The minimum absolute atomic E-state index is 0.0916. The zero-order chi connectivity index (χ0) is 20.2. The first kappa shape index (κ1) is 18.9. The van der Waals surface area contributed by atoms with Crippen molar-refractivity contribution in [3.05, 3.63) is 60.0 Å². The van der Waals surface area contributed by atoms with E-state index in [9.17, 15) is 4.79 Å². The summed E-state index contributed by atoms with van der Waals surface area (Å²) in [6, 6.07) is 12.0. The Morgan fingerprint density at radius 2 is 1.83 bits per heavy atom. The summed E-state index contributed by atoms with van der Waals surface area (Å²) in [5.41, 5.74) is 3.07. The number of nitrogens with zero attached hydrogens (tertiary/aromatic N) is 6. The molecule has 150 valence electrons. The molecule has 1 amide bonds. The zero-order valence-electron chi connectivity index (χ0n) is 16.7. The zero-order valence-corrected chi connectivity index (χ0v) is 16.7. The normalized spacial score (nSPS) is 14.1. The molecule has 1 fully saturated rings. The highest BCUT2D eigenvalue weighted by atomic mass is 16.2. The molecule has 0 saturated carbocycles. The third kappa shape index (κ3) is 4.71. The van der Waals surface area contributed by atoms with Gasteiger partial charge in [0.2, 0.25) is 11.9 Å². The smallest absolute Gasteiger partial charge is 0.244 e. The molecule has 29 heavy (non-hydrogen) atoms. The van der Waals surface area contributed by atoms with E-state index >= 15 is 0 Å². The van der Waals surface area contributed by atoms with Crippen LogP contribution in [0.1, 0.15) is 11.3 Å². The van der Waals surface area contributed by atoms with Crippen LogP contribution < -0.4 is 10.2 Å². The Labute approximate surface area is 170 Å². The molecular weight excluding hydrogens is 366 g/mol. The second-order valence-corrected chi connectivity index (χ2v) is 7.25. The highest BCUT2D eigenvalue weighted by molar-refractivity contribution is 5.76. The van der Waals surface area contributed by atoms with Crippen LogP contribution in [0, 0.1) is 13.8 Å². The molecule has 1 aliphatic heterocycles. The SMILES string of the molecule is Cc1ccc(Nc2nc(C)cc(N3CCN(C(=O)Cn4cccn4)CC3)n2)cc1. The van der Waals surface area contributed by atoms with E-state index in [0.29, 0.717) is 19.0 Å². The molecule has 8 nitrogen and oxygen atoms in total. The Hall–Kier alpha value is -3.42. The van der Waals surface area contributed by atoms with Gasteiger partial charge in [0.05, 0.1) is 0 Å². The molecular formula is C21H25N7O. The summed E-state index contributed by atoms with van der Waals surface area (Å²) in [7, 11) is 0. The van der Waals surface area contributed by atoms with Crippen molar-refractivity contribution in [2.45, 2.75) is 20.4 Å². The second kappa shape index (κ2) is 8.30. The number of piperazine rings is 1. The standard InChI is InChI=1S/C21H25N7O/c1-16-4-6-18(7-5-16)24-21-23-17(2)14-19(25-21)26-10-12-27(13-11-26)20(29)15-28-9-3-8-22-28/h3-9,14H,10-13,15H2,1-2H3,(H,23,24,25). The number of hydrogen-bond donors (Lipinski definition) is 1. The summed E-state index contributed by atoms with van der Waals surface area (Å²) in [4.78, 5) is 25.7.